The second-order valence-electron chi connectivity index (χ2n) is 4.44. The van der Waals surface area contributed by atoms with Gasteiger partial charge in [-0.2, -0.15) is 0 Å². The molecule has 0 bridgehead atoms. The molecule has 3 N–H and O–H groups in total. The number of carbonyl (C=O) groups excluding carboxylic acids is 1. The molecule has 0 radical (unpaired) electrons. The van der Waals surface area contributed by atoms with Gasteiger partial charge in [0.2, 0.25) is 0 Å². The number of halogens is 1. The molecule has 0 spiro atoms. The van der Waals surface area contributed by atoms with Gasteiger partial charge < -0.3 is 11.1 Å². The largest absolute Gasteiger partial charge is 0.398 e. The van der Waals surface area contributed by atoms with Gasteiger partial charge in [-0.15, -0.1) is 0 Å². The average Bonchev–Trinajstić information content (AvgIpc) is 2.38. The van der Waals surface area contributed by atoms with Crippen LogP contribution in [0.2, 0.25) is 5.02 Å². The van der Waals surface area contributed by atoms with E-state index in [4.69, 9.17) is 17.3 Å². The quantitative estimate of drug-likeness (QED) is 0.819. The number of hydrogen-bond acceptors (Lipinski definition) is 2. The van der Waals surface area contributed by atoms with Gasteiger partial charge in [0.1, 0.15) is 0 Å². The Morgan fingerprint density at radius 2 is 1.95 bits per heavy atom. The Morgan fingerprint density at radius 3 is 2.63 bits per heavy atom. The molecule has 0 heterocycles. The molecule has 0 aliphatic heterocycles. The first kappa shape index (κ1) is 13.4. The van der Waals surface area contributed by atoms with Crippen LogP contribution >= 0.6 is 11.6 Å². The first-order valence-corrected chi connectivity index (χ1v) is 6.29. The number of nitrogens with one attached hydrogen (secondary N) is 1. The van der Waals surface area contributed by atoms with Crippen molar-refractivity contribution in [3.05, 3.63) is 58.1 Å². The summed E-state index contributed by atoms with van der Waals surface area (Å²) in [6, 6.07) is 10.6. The average molecular weight is 275 g/mol. The standard InChI is InChI=1S/C15H15ClN2O/c1-9-4-3-5-14(10(9)2)18-15(19)11-6-7-13(17)12(16)8-11/h3-8H,17H2,1-2H3,(H,18,19). The number of hydrogen-bond donors (Lipinski definition) is 2. The highest BCUT2D eigenvalue weighted by Crippen LogP contribution is 2.22. The van der Waals surface area contributed by atoms with Crippen LogP contribution in [0.25, 0.3) is 0 Å². The maximum atomic E-state index is 12.1. The van der Waals surface area contributed by atoms with Gasteiger partial charge in [0.15, 0.2) is 0 Å². The van der Waals surface area contributed by atoms with Crippen molar-refractivity contribution in [1.29, 1.82) is 0 Å². The van der Waals surface area contributed by atoms with Crippen LogP contribution in [0.1, 0.15) is 21.5 Å². The molecule has 19 heavy (non-hydrogen) atoms. The summed E-state index contributed by atoms with van der Waals surface area (Å²) in [5.74, 6) is -0.199. The molecule has 0 aliphatic rings. The summed E-state index contributed by atoms with van der Waals surface area (Å²) in [6.07, 6.45) is 0. The van der Waals surface area contributed by atoms with Gasteiger partial charge >= 0.3 is 0 Å². The predicted octanol–water partition coefficient (Wildman–Crippen LogP) is 3.79. The van der Waals surface area contributed by atoms with Crippen LogP contribution in [0.15, 0.2) is 36.4 Å². The molecule has 0 aromatic heterocycles. The van der Waals surface area contributed by atoms with Crippen LogP contribution in [0.4, 0.5) is 11.4 Å². The van der Waals surface area contributed by atoms with E-state index in [1.54, 1.807) is 18.2 Å². The Labute approximate surface area is 117 Å². The first-order valence-electron chi connectivity index (χ1n) is 5.91. The minimum Gasteiger partial charge on any atom is -0.398 e. The fourth-order valence-corrected chi connectivity index (χ4v) is 1.93. The van der Waals surface area contributed by atoms with Crippen molar-refractivity contribution in [3.63, 3.8) is 0 Å². The Hall–Kier alpha value is -2.00. The van der Waals surface area contributed by atoms with E-state index in [2.05, 4.69) is 5.32 Å². The van der Waals surface area contributed by atoms with E-state index in [9.17, 15) is 4.79 Å². The molecule has 2 aromatic carbocycles. The van der Waals surface area contributed by atoms with E-state index in [0.29, 0.717) is 16.3 Å². The minimum atomic E-state index is -0.199. The number of nitrogens with two attached hydrogens (primary N) is 1. The van der Waals surface area contributed by atoms with Gasteiger partial charge in [-0.05, 0) is 49.2 Å². The topological polar surface area (TPSA) is 55.1 Å². The lowest BCUT2D eigenvalue weighted by Crippen LogP contribution is -2.13. The van der Waals surface area contributed by atoms with Gasteiger partial charge in [0.25, 0.3) is 5.91 Å². The Bertz CT molecular complexity index is 638. The molecule has 2 rings (SSSR count). The van der Waals surface area contributed by atoms with Crippen molar-refractivity contribution in [2.75, 3.05) is 11.1 Å². The second-order valence-corrected chi connectivity index (χ2v) is 4.85. The first-order chi connectivity index (χ1) is 8.99. The zero-order valence-electron chi connectivity index (χ0n) is 10.8. The summed E-state index contributed by atoms with van der Waals surface area (Å²) < 4.78 is 0. The van der Waals surface area contributed by atoms with Gasteiger partial charge in [0.05, 0.1) is 10.7 Å². The molecular weight excluding hydrogens is 260 g/mol. The summed E-state index contributed by atoms with van der Waals surface area (Å²) in [5.41, 5.74) is 9.56. The van der Waals surface area contributed by atoms with Crippen LogP contribution in [0, 0.1) is 13.8 Å². The molecule has 0 unspecified atom stereocenters. The molecule has 3 nitrogen and oxygen atoms in total. The smallest absolute Gasteiger partial charge is 0.255 e. The van der Waals surface area contributed by atoms with Crippen molar-refractivity contribution in [1.82, 2.24) is 0 Å². The highest BCUT2D eigenvalue weighted by molar-refractivity contribution is 6.33. The molecule has 0 aliphatic carbocycles. The maximum Gasteiger partial charge on any atom is 0.255 e. The highest BCUT2D eigenvalue weighted by Gasteiger charge is 2.09. The Kier molecular flexibility index (Phi) is 3.76. The van der Waals surface area contributed by atoms with Gasteiger partial charge in [-0.25, -0.2) is 0 Å². The summed E-state index contributed by atoms with van der Waals surface area (Å²) in [6.45, 7) is 3.98. The fourth-order valence-electron chi connectivity index (χ4n) is 1.75. The molecule has 0 saturated heterocycles. The number of benzene rings is 2. The van der Waals surface area contributed by atoms with Crippen molar-refractivity contribution in [3.8, 4) is 0 Å². The molecule has 1 amide bonds. The van der Waals surface area contributed by atoms with E-state index in [-0.39, 0.29) is 5.91 Å². The van der Waals surface area contributed by atoms with Crippen molar-refractivity contribution >= 4 is 28.9 Å². The SMILES string of the molecule is Cc1cccc(NC(=O)c2ccc(N)c(Cl)c2)c1C. The van der Waals surface area contributed by atoms with Gasteiger partial charge in [-0.1, -0.05) is 23.7 Å². The number of aryl methyl sites for hydroxylation is 1. The molecule has 0 fully saturated rings. The molecule has 2 aromatic rings. The Balaban J connectivity index is 2.26. The monoisotopic (exact) mass is 274 g/mol. The Morgan fingerprint density at radius 1 is 1.21 bits per heavy atom. The van der Waals surface area contributed by atoms with Crippen molar-refractivity contribution in [2.45, 2.75) is 13.8 Å². The van der Waals surface area contributed by atoms with Crippen LogP contribution < -0.4 is 11.1 Å². The zero-order valence-corrected chi connectivity index (χ0v) is 11.6. The third-order valence-electron chi connectivity index (χ3n) is 3.12. The van der Waals surface area contributed by atoms with Crippen LogP contribution in [0.5, 0.6) is 0 Å². The molecule has 4 heteroatoms. The zero-order chi connectivity index (χ0) is 14.0. The number of amides is 1. The summed E-state index contributed by atoms with van der Waals surface area (Å²) in [5, 5.41) is 3.26. The maximum absolute atomic E-state index is 12.1. The lowest BCUT2D eigenvalue weighted by Gasteiger charge is -2.10. The van der Waals surface area contributed by atoms with Crippen molar-refractivity contribution < 1.29 is 4.79 Å². The highest BCUT2D eigenvalue weighted by atomic mass is 35.5. The normalized spacial score (nSPS) is 10.3. The lowest BCUT2D eigenvalue weighted by molar-refractivity contribution is 0.102. The number of nitrogen functional groups attached to an aromatic ring is 1. The third-order valence-corrected chi connectivity index (χ3v) is 3.44. The molecule has 0 atom stereocenters. The van der Waals surface area contributed by atoms with Crippen LogP contribution in [0.3, 0.4) is 0 Å². The van der Waals surface area contributed by atoms with Gasteiger partial charge in [-0.3, -0.25) is 4.79 Å². The van der Waals surface area contributed by atoms with Crippen molar-refractivity contribution in [2.24, 2.45) is 0 Å². The molecule has 0 saturated carbocycles. The minimum absolute atomic E-state index is 0.199. The van der Waals surface area contributed by atoms with Crippen LogP contribution in [-0.2, 0) is 0 Å². The number of rotatable bonds is 2. The molecule has 98 valence electrons. The summed E-state index contributed by atoms with van der Waals surface area (Å²) >= 11 is 5.91. The fraction of sp³-hybridized carbons (Fsp3) is 0.133. The number of anilines is 2. The third kappa shape index (κ3) is 2.88. The van der Waals surface area contributed by atoms with E-state index in [1.165, 1.54) is 0 Å². The second kappa shape index (κ2) is 5.33. The number of carbonyl (C=O) groups is 1. The van der Waals surface area contributed by atoms with E-state index in [0.717, 1.165) is 16.8 Å². The molecular formula is C15H15ClN2O. The van der Waals surface area contributed by atoms with Crippen LogP contribution in [-0.4, -0.2) is 5.91 Å². The van der Waals surface area contributed by atoms with E-state index in [1.807, 2.05) is 32.0 Å². The van der Waals surface area contributed by atoms with Gasteiger partial charge in [0, 0.05) is 11.3 Å². The summed E-state index contributed by atoms with van der Waals surface area (Å²) in [7, 11) is 0. The summed E-state index contributed by atoms with van der Waals surface area (Å²) in [4.78, 5) is 12.1. The van der Waals surface area contributed by atoms with E-state index >= 15 is 0 Å². The predicted molar refractivity (Wildman–Crippen MR) is 79.7 cm³/mol. The lowest BCUT2D eigenvalue weighted by atomic mass is 10.1. The van der Waals surface area contributed by atoms with E-state index < -0.39 is 0 Å².